The second-order valence-corrected chi connectivity index (χ2v) is 4.81. The number of nitrogens with zero attached hydrogens (tertiary/aromatic N) is 1. The number of rotatable bonds is 3. The van der Waals surface area contributed by atoms with Gasteiger partial charge in [-0.3, -0.25) is 0 Å². The third-order valence-corrected chi connectivity index (χ3v) is 3.09. The highest BCUT2D eigenvalue weighted by Gasteiger charge is 2.11. The van der Waals surface area contributed by atoms with Crippen molar-refractivity contribution < 1.29 is 8.78 Å². The molecule has 102 valence electrons. The van der Waals surface area contributed by atoms with Crippen molar-refractivity contribution in [2.45, 2.75) is 13.0 Å². The number of nitrogens with one attached hydrogen (secondary N) is 1. The molecular weight excluding hydrogens is 282 g/mol. The van der Waals surface area contributed by atoms with E-state index in [0.717, 1.165) is 6.07 Å². The topological polar surface area (TPSA) is 35.8 Å². The van der Waals surface area contributed by atoms with Crippen LogP contribution in [0.5, 0.6) is 0 Å². The molecule has 0 spiro atoms. The van der Waals surface area contributed by atoms with Gasteiger partial charge in [0.05, 0.1) is 11.3 Å². The fourth-order valence-corrected chi connectivity index (χ4v) is 2.05. The summed E-state index contributed by atoms with van der Waals surface area (Å²) in [6.07, 6.45) is 0. The molecule has 0 aromatic heterocycles. The summed E-state index contributed by atoms with van der Waals surface area (Å²) in [5.41, 5.74) is 1.39. The Labute approximate surface area is 120 Å². The van der Waals surface area contributed by atoms with E-state index in [1.807, 2.05) is 6.07 Å². The molecule has 0 radical (unpaired) electrons. The van der Waals surface area contributed by atoms with E-state index in [9.17, 15) is 8.78 Å². The Hall–Kier alpha value is -2.12. The predicted octanol–water partition coefficient (Wildman–Crippen LogP) is 4.66. The molecule has 1 atom stereocenters. The van der Waals surface area contributed by atoms with Crippen LogP contribution in [0.15, 0.2) is 36.4 Å². The van der Waals surface area contributed by atoms with E-state index in [4.69, 9.17) is 16.9 Å². The summed E-state index contributed by atoms with van der Waals surface area (Å²) in [5, 5.41) is 12.5. The van der Waals surface area contributed by atoms with Crippen molar-refractivity contribution in [3.63, 3.8) is 0 Å². The lowest BCUT2D eigenvalue weighted by Crippen LogP contribution is -2.08. The van der Waals surface area contributed by atoms with E-state index in [-0.39, 0.29) is 6.04 Å². The predicted molar refractivity (Wildman–Crippen MR) is 74.6 cm³/mol. The first-order valence-corrected chi connectivity index (χ1v) is 6.29. The Kier molecular flexibility index (Phi) is 4.21. The highest BCUT2D eigenvalue weighted by atomic mass is 35.5. The van der Waals surface area contributed by atoms with Gasteiger partial charge in [0.2, 0.25) is 0 Å². The van der Waals surface area contributed by atoms with Gasteiger partial charge in [-0.2, -0.15) is 5.26 Å². The molecule has 0 saturated heterocycles. The lowest BCUT2D eigenvalue weighted by atomic mass is 10.1. The van der Waals surface area contributed by atoms with Crippen LogP contribution in [0.25, 0.3) is 0 Å². The minimum absolute atomic E-state index is 0.370. The minimum atomic E-state index is -0.639. The number of hydrogen-bond donors (Lipinski definition) is 1. The lowest BCUT2D eigenvalue weighted by molar-refractivity contribution is 0.577. The average molecular weight is 293 g/mol. The van der Waals surface area contributed by atoms with Gasteiger partial charge in [-0.25, -0.2) is 8.78 Å². The molecule has 0 amide bonds. The van der Waals surface area contributed by atoms with E-state index in [1.165, 1.54) is 12.1 Å². The Balaban J connectivity index is 2.30. The third-order valence-electron chi connectivity index (χ3n) is 2.86. The van der Waals surface area contributed by atoms with Gasteiger partial charge in [-0.15, -0.1) is 0 Å². The molecule has 2 aromatic carbocycles. The Bertz CT molecular complexity index is 660. The summed E-state index contributed by atoms with van der Waals surface area (Å²) in [4.78, 5) is 0. The van der Waals surface area contributed by atoms with Crippen molar-refractivity contribution in [3.05, 3.63) is 64.2 Å². The van der Waals surface area contributed by atoms with E-state index < -0.39 is 11.6 Å². The molecular formula is C15H11ClF2N2. The van der Waals surface area contributed by atoms with Gasteiger partial charge in [0.15, 0.2) is 0 Å². The molecule has 20 heavy (non-hydrogen) atoms. The largest absolute Gasteiger partial charge is 0.377 e. The van der Waals surface area contributed by atoms with Gasteiger partial charge in [0.1, 0.15) is 17.7 Å². The third kappa shape index (κ3) is 3.25. The molecule has 0 saturated carbocycles. The molecule has 0 fully saturated rings. The van der Waals surface area contributed by atoms with Crippen molar-refractivity contribution in [1.82, 2.24) is 0 Å². The number of hydrogen-bond acceptors (Lipinski definition) is 2. The van der Waals surface area contributed by atoms with Gasteiger partial charge in [0, 0.05) is 17.1 Å². The second-order valence-electron chi connectivity index (χ2n) is 4.37. The van der Waals surface area contributed by atoms with E-state index >= 15 is 0 Å². The fourth-order valence-electron chi connectivity index (χ4n) is 1.88. The van der Waals surface area contributed by atoms with Crippen molar-refractivity contribution in [1.29, 1.82) is 5.26 Å². The molecule has 5 heteroatoms. The number of halogens is 3. The van der Waals surface area contributed by atoms with Crippen LogP contribution in [0.2, 0.25) is 5.02 Å². The molecule has 1 unspecified atom stereocenters. The van der Waals surface area contributed by atoms with Crippen LogP contribution in [0.4, 0.5) is 14.5 Å². The van der Waals surface area contributed by atoms with Crippen molar-refractivity contribution >= 4 is 17.3 Å². The van der Waals surface area contributed by atoms with E-state index in [0.29, 0.717) is 21.8 Å². The summed E-state index contributed by atoms with van der Waals surface area (Å²) in [6.45, 7) is 1.75. The van der Waals surface area contributed by atoms with Crippen molar-refractivity contribution in [2.75, 3.05) is 5.32 Å². The van der Waals surface area contributed by atoms with Crippen LogP contribution in [-0.4, -0.2) is 0 Å². The molecule has 2 nitrogen and oxygen atoms in total. The fraction of sp³-hybridized carbons (Fsp3) is 0.133. The number of nitriles is 1. The highest BCUT2D eigenvalue weighted by molar-refractivity contribution is 6.30. The smallest absolute Gasteiger partial charge is 0.126 e. The van der Waals surface area contributed by atoms with Gasteiger partial charge >= 0.3 is 0 Å². The highest BCUT2D eigenvalue weighted by Crippen LogP contribution is 2.26. The normalized spacial score (nSPS) is 11.8. The molecule has 0 aliphatic carbocycles. The number of benzene rings is 2. The molecule has 0 heterocycles. The van der Waals surface area contributed by atoms with Crippen molar-refractivity contribution in [2.24, 2.45) is 0 Å². The van der Waals surface area contributed by atoms with Gasteiger partial charge in [0.25, 0.3) is 0 Å². The van der Waals surface area contributed by atoms with Crippen LogP contribution in [0.3, 0.4) is 0 Å². The van der Waals surface area contributed by atoms with Crippen LogP contribution in [-0.2, 0) is 0 Å². The first-order valence-electron chi connectivity index (χ1n) is 5.92. The maximum absolute atomic E-state index is 13.2. The first-order chi connectivity index (χ1) is 9.49. The quantitative estimate of drug-likeness (QED) is 0.893. The van der Waals surface area contributed by atoms with Gasteiger partial charge in [-0.1, -0.05) is 11.6 Å². The minimum Gasteiger partial charge on any atom is -0.377 e. The van der Waals surface area contributed by atoms with Gasteiger partial charge < -0.3 is 5.32 Å². The molecule has 2 rings (SSSR count). The average Bonchev–Trinajstić information content (AvgIpc) is 2.37. The Morgan fingerprint density at radius 2 is 1.80 bits per heavy atom. The van der Waals surface area contributed by atoms with Crippen LogP contribution in [0.1, 0.15) is 24.1 Å². The lowest BCUT2D eigenvalue weighted by Gasteiger charge is -2.17. The van der Waals surface area contributed by atoms with Crippen molar-refractivity contribution in [3.8, 4) is 6.07 Å². The molecule has 1 N–H and O–H groups in total. The maximum atomic E-state index is 13.2. The number of anilines is 1. The standard InChI is InChI=1S/C15H11ClF2N2/c1-9(11-4-13(17)7-14(18)5-11)20-15-6-12(16)3-2-10(15)8-19/h2-7,9,20H,1H3. The molecule has 0 aliphatic heterocycles. The zero-order valence-corrected chi connectivity index (χ0v) is 11.4. The Morgan fingerprint density at radius 3 is 2.40 bits per heavy atom. The summed E-state index contributed by atoms with van der Waals surface area (Å²) in [6, 6.07) is 9.77. The first kappa shape index (κ1) is 14.3. The summed E-state index contributed by atoms with van der Waals surface area (Å²) < 4.78 is 26.4. The van der Waals surface area contributed by atoms with Gasteiger partial charge in [-0.05, 0) is 42.8 Å². The van der Waals surface area contributed by atoms with Crippen LogP contribution >= 0.6 is 11.6 Å². The molecule has 0 bridgehead atoms. The zero-order chi connectivity index (χ0) is 14.7. The van der Waals surface area contributed by atoms with E-state index in [1.54, 1.807) is 25.1 Å². The SMILES string of the molecule is CC(Nc1cc(Cl)ccc1C#N)c1cc(F)cc(F)c1. The van der Waals surface area contributed by atoms with Crippen LogP contribution in [0, 0.1) is 23.0 Å². The summed E-state index contributed by atoms with van der Waals surface area (Å²) in [5.74, 6) is -1.28. The second kappa shape index (κ2) is 5.89. The zero-order valence-electron chi connectivity index (χ0n) is 10.6. The monoisotopic (exact) mass is 292 g/mol. The summed E-state index contributed by atoms with van der Waals surface area (Å²) in [7, 11) is 0. The van der Waals surface area contributed by atoms with E-state index in [2.05, 4.69) is 5.32 Å². The maximum Gasteiger partial charge on any atom is 0.126 e. The Morgan fingerprint density at radius 1 is 1.15 bits per heavy atom. The van der Waals surface area contributed by atoms with Crippen LogP contribution < -0.4 is 5.32 Å². The summed E-state index contributed by atoms with van der Waals surface area (Å²) >= 11 is 5.88. The molecule has 0 aliphatic rings. The molecule has 2 aromatic rings.